The molecule has 1 aromatic heterocycles. The van der Waals surface area contributed by atoms with E-state index in [1.807, 2.05) is 0 Å². The number of nitrogens with two attached hydrogens (primary N) is 1. The SMILES string of the molecule is CCCCCCCCCc1nnc2n1CCC(CN)C2. The number of aromatic nitrogens is 3. The first kappa shape index (κ1) is 15.5. The highest BCUT2D eigenvalue weighted by Crippen LogP contribution is 2.20. The van der Waals surface area contributed by atoms with Crippen LogP contribution in [0.15, 0.2) is 0 Å². The minimum Gasteiger partial charge on any atom is -0.330 e. The maximum absolute atomic E-state index is 5.76. The fraction of sp³-hybridized carbons (Fsp3) is 0.875. The molecule has 1 atom stereocenters. The lowest BCUT2D eigenvalue weighted by atomic mass is 9.98. The van der Waals surface area contributed by atoms with E-state index in [0.29, 0.717) is 5.92 Å². The Morgan fingerprint density at radius 2 is 1.85 bits per heavy atom. The molecule has 0 aromatic carbocycles. The first-order valence-corrected chi connectivity index (χ1v) is 8.46. The van der Waals surface area contributed by atoms with Gasteiger partial charge in [-0.15, -0.1) is 10.2 Å². The van der Waals surface area contributed by atoms with Gasteiger partial charge in [0.25, 0.3) is 0 Å². The fourth-order valence-corrected chi connectivity index (χ4v) is 3.08. The fourth-order valence-electron chi connectivity index (χ4n) is 3.08. The van der Waals surface area contributed by atoms with Gasteiger partial charge in [0.2, 0.25) is 0 Å². The summed E-state index contributed by atoms with van der Waals surface area (Å²) in [4.78, 5) is 0. The predicted octanol–water partition coefficient (Wildman–Crippen LogP) is 3.09. The summed E-state index contributed by atoms with van der Waals surface area (Å²) in [5, 5.41) is 8.74. The Balaban J connectivity index is 1.68. The zero-order valence-corrected chi connectivity index (χ0v) is 13.0. The van der Waals surface area contributed by atoms with Crippen molar-refractivity contribution in [2.45, 2.75) is 77.7 Å². The van der Waals surface area contributed by atoms with Gasteiger partial charge >= 0.3 is 0 Å². The van der Waals surface area contributed by atoms with Gasteiger partial charge < -0.3 is 10.3 Å². The van der Waals surface area contributed by atoms with Gasteiger partial charge in [-0.1, -0.05) is 45.4 Å². The molecule has 114 valence electrons. The Kier molecular flexibility index (Phi) is 6.51. The van der Waals surface area contributed by atoms with Crippen LogP contribution in [0.5, 0.6) is 0 Å². The second-order valence-electron chi connectivity index (χ2n) is 6.15. The average molecular weight is 278 g/mol. The van der Waals surface area contributed by atoms with Gasteiger partial charge in [-0.2, -0.15) is 0 Å². The van der Waals surface area contributed by atoms with Gasteiger partial charge in [-0.25, -0.2) is 0 Å². The van der Waals surface area contributed by atoms with Gasteiger partial charge in [0.05, 0.1) is 0 Å². The predicted molar refractivity (Wildman–Crippen MR) is 82.6 cm³/mol. The molecule has 0 radical (unpaired) electrons. The molecule has 20 heavy (non-hydrogen) atoms. The third-order valence-corrected chi connectivity index (χ3v) is 4.47. The van der Waals surface area contributed by atoms with Gasteiger partial charge in [0, 0.05) is 19.4 Å². The standard InChI is InChI=1S/C16H30N4/c1-2-3-4-5-6-7-8-9-15-18-19-16-12-14(13-17)10-11-20(15)16/h14H,2-13,17H2,1H3. The van der Waals surface area contributed by atoms with Crippen molar-refractivity contribution in [1.29, 1.82) is 0 Å². The molecule has 0 saturated heterocycles. The normalized spacial score (nSPS) is 18.2. The molecular formula is C16H30N4. The first-order valence-electron chi connectivity index (χ1n) is 8.46. The maximum atomic E-state index is 5.76. The molecule has 1 aromatic rings. The van der Waals surface area contributed by atoms with E-state index in [1.165, 1.54) is 57.2 Å². The summed E-state index contributed by atoms with van der Waals surface area (Å²) < 4.78 is 2.34. The van der Waals surface area contributed by atoms with Gasteiger partial charge in [-0.3, -0.25) is 0 Å². The van der Waals surface area contributed by atoms with E-state index in [2.05, 4.69) is 21.7 Å². The molecule has 2 heterocycles. The van der Waals surface area contributed by atoms with Crippen LogP contribution in [-0.2, 0) is 19.4 Å². The number of rotatable bonds is 9. The van der Waals surface area contributed by atoms with Crippen LogP contribution in [0.2, 0.25) is 0 Å². The zero-order chi connectivity index (χ0) is 14.2. The molecule has 0 fully saturated rings. The molecule has 0 amide bonds. The average Bonchev–Trinajstić information content (AvgIpc) is 2.88. The highest BCUT2D eigenvalue weighted by atomic mass is 15.3. The molecule has 0 aliphatic carbocycles. The summed E-state index contributed by atoms with van der Waals surface area (Å²) in [5.74, 6) is 2.96. The second-order valence-corrected chi connectivity index (χ2v) is 6.15. The van der Waals surface area contributed by atoms with Crippen LogP contribution in [0.25, 0.3) is 0 Å². The Bertz CT molecular complexity index is 386. The number of hydrogen-bond acceptors (Lipinski definition) is 3. The number of aryl methyl sites for hydroxylation is 1. The molecule has 2 N–H and O–H groups in total. The highest BCUT2D eigenvalue weighted by Gasteiger charge is 2.21. The second kappa shape index (κ2) is 8.40. The smallest absolute Gasteiger partial charge is 0.133 e. The molecule has 0 saturated carbocycles. The Morgan fingerprint density at radius 1 is 1.10 bits per heavy atom. The Labute approximate surface area is 123 Å². The van der Waals surface area contributed by atoms with Gasteiger partial charge in [0.1, 0.15) is 11.6 Å². The summed E-state index contributed by atoms with van der Waals surface area (Å²) in [7, 11) is 0. The number of hydrogen-bond donors (Lipinski definition) is 1. The Hall–Kier alpha value is -0.900. The van der Waals surface area contributed by atoms with Crippen LogP contribution < -0.4 is 5.73 Å². The van der Waals surface area contributed by atoms with Crippen LogP contribution in [0.3, 0.4) is 0 Å². The van der Waals surface area contributed by atoms with E-state index in [9.17, 15) is 0 Å². The molecule has 0 spiro atoms. The van der Waals surface area contributed by atoms with Gasteiger partial charge in [0.15, 0.2) is 0 Å². The molecule has 2 rings (SSSR count). The van der Waals surface area contributed by atoms with Crippen LogP contribution in [0, 0.1) is 5.92 Å². The minimum absolute atomic E-state index is 0.609. The minimum atomic E-state index is 0.609. The van der Waals surface area contributed by atoms with Crippen molar-refractivity contribution in [3.05, 3.63) is 11.6 Å². The molecule has 4 nitrogen and oxygen atoms in total. The van der Waals surface area contributed by atoms with Crippen molar-refractivity contribution in [3.63, 3.8) is 0 Å². The van der Waals surface area contributed by atoms with E-state index in [0.717, 1.165) is 31.8 Å². The van der Waals surface area contributed by atoms with Gasteiger partial charge in [-0.05, 0) is 25.3 Å². The summed E-state index contributed by atoms with van der Waals surface area (Å²) in [6, 6.07) is 0. The topological polar surface area (TPSA) is 56.7 Å². The number of fused-ring (bicyclic) bond motifs is 1. The van der Waals surface area contributed by atoms with Crippen molar-refractivity contribution in [1.82, 2.24) is 14.8 Å². The first-order chi connectivity index (χ1) is 9.85. The van der Waals surface area contributed by atoms with E-state index < -0.39 is 0 Å². The molecule has 4 heteroatoms. The van der Waals surface area contributed by atoms with Crippen LogP contribution >= 0.6 is 0 Å². The molecule has 1 aliphatic heterocycles. The summed E-state index contributed by atoms with van der Waals surface area (Å²) in [6.45, 7) is 4.11. The monoisotopic (exact) mass is 278 g/mol. The van der Waals surface area contributed by atoms with E-state index >= 15 is 0 Å². The van der Waals surface area contributed by atoms with Crippen molar-refractivity contribution in [2.75, 3.05) is 6.54 Å². The van der Waals surface area contributed by atoms with Crippen LogP contribution in [0.1, 0.15) is 69.9 Å². The van der Waals surface area contributed by atoms with Crippen molar-refractivity contribution in [2.24, 2.45) is 11.7 Å². The van der Waals surface area contributed by atoms with Crippen LogP contribution in [0.4, 0.5) is 0 Å². The summed E-state index contributed by atoms with van der Waals surface area (Å²) >= 11 is 0. The van der Waals surface area contributed by atoms with E-state index in [1.54, 1.807) is 0 Å². The summed E-state index contributed by atoms with van der Waals surface area (Å²) in [6.07, 6.45) is 12.8. The lowest BCUT2D eigenvalue weighted by Crippen LogP contribution is -2.26. The zero-order valence-electron chi connectivity index (χ0n) is 13.0. The third-order valence-electron chi connectivity index (χ3n) is 4.47. The molecular weight excluding hydrogens is 248 g/mol. The summed E-state index contributed by atoms with van der Waals surface area (Å²) in [5.41, 5.74) is 5.76. The Morgan fingerprint density at radius 3 is 2.60 bits per heavy atom. The maximum Gasteiger partial charge on any atom is 0.133 e. The number of unbranched alkanes of at least 4 members (excludes halogenated alkanes) is 6. The van der Waals surface area contributed by atoms with Crippen LogP contribution in [-0.4, -0.2) is 21.3 Å². The quantitative estimate of drug-likeness (QED) is 0.706. The van der Waals surface area contributed by atoms with Crippen molar-refractivity contribution >= 4 is 0 Å². The van der Waals surface area contributed by atoms with Crippen molar-refractivity contribution < 1.29 is 0 Å². The van der Waals surface area contributed by atoms with E-state index in [-0.39, 0.29) is 0 Å². The van der Waals surface area contributed by atoms with E-state index in [4.69, 9.17) is 5.73 Å². The lowest BCUT2D eigenvalue weighted by molar-refractivity contribution is 0.383. The largest absolute Gasteiger partial charge is 0.330 e. The molecule has 0 bridgehead atoms. The van der Waals surface area contributed by atoms with Crippen molar-refractivity contribution in [3.8, 4) is 0 Å². The third kappa shape index (κ3) is 4.30. The molecule has 1 aliphatic rings. The number of nitrogens with zero attached hydrogens (tertiary/aromatic N) is 3. The lowest BCUT2D eigenvalue weighted by Gasteiger charge is -2.22. The molecule has 1 unspecified atom stereocenters. The highest BCUT2D eigenvalue weighted by molar-refractivity contribution is 5.00.